The molecule has 1 heterocycles. The molecule has 1 aromatic rings. The lowest BCUT2D eigenvalue weighted by atomic mass is 10.1. The van der Waals surface area contributed by atoms with Crippen LogP contribution in [0.3, 0.4) is 0 Å². The van der Waals surface area contributed by atoms with Crippen LogP contribution < -0.4 is 4.90 Å². The van der Waals surface area contributed by atoms with Crippen LogP contribution >= 0.6 is 0 Å². The van der Waals surface area contributed by atoms with Crippen molar-refractivity contribution in [3.63, 3.8) is 0 Å². The second-order valence-electron chi connectivity index (χ2n) is 3.97. The molecule has 0 fully saturated rings. The maximum absolute atomic E-state index is 11.1. The lowest BCUT2D eigenvalue weighted by molar-refractivity contribution is -0.140. The van der Waals surface area contributed by atoms with E-state index in [1.54, 1.807) is 18.9 Å². The molecule has 6 heteroatoms. The minimum absolute atomic E-state index is 0.243. The number of nitriles is 1. The van der Waals surface area contributed by atoms with Gasteiger partial charge in [-0.3, -0.25) is 4.79 Å². The molecule has 0 radical (unpaired) electrons. The zero-order valence-corrected chi connectivity index (χ0v) is 11.0. The lowest BCUT2D eigenvalue weighted by Crippen LogP contribution is -2.24. The van der Waals surface area contributed by atoms with Crippen LogP contribution in [0.5, 0.6) is 0 Å². The fraction of sp³-hybridized carbons (Fsp3) is 0.500. The molecule has 0 aromatic carbocycles. The molecule has 0 atom stereocenters. The van der Waals surface area contributed by atoms with E-state index in [2.05, 4.69) is 21.0 Å². The Balaban J connectivity index is 2.93. The molecule has 0 aliphatic heterocycles. The second kappa shape index (κ2) is 5.96. The summed E-state index contributed by atoms with van der Waals surface area (Å²) in [6.07, 6.45) is 0.243. The number of aromatic nitrogens is 2. The van der Waals surface area contributed by atoms with Gasteiger partial charge in [0.15, 0.2) is 5.82 Å². The van der Waals surface area contributed by atoms with Crippen molar-refractivity contribution in [1.82, 2.24) is 10.2 Å². The van der Waals surface area contributed by atoms with E-state index in [1.165, 1.54) is 7.11 Å². The van der Waals surface area contributed by atoms with Gasteiger partial charge in [0.1, 0.15) is 11.6 Å². The predicted molar refractivity (Wildman–Crippen MR) is 66.1 cm³/mol. The van der Waals surface area contributed by atoms with Crippen LogP contribution in [0.1, 0.15) is 23.2 Å². The van der Waals surface area contributed by atoms with Crippen molar-refractivity contribution in [3.05, 3.63) is 16.8 Å². The molecule has 0 unspecified atom stereocenters. The molecule has 0 aliphatic carbocycles. The molecule has 6 nitrogen and oxygen atoms in total. The zero-order valence-electron chi connectivity index (χ0n) is 11.0. The number of carbonyl (C=O) groups excluding carboxylic acids is 1. The highest BCUT2D eigenvalue weighted by molar-refractivity contribution is 5.70. The Kier molecular flexibility index (Phi) is 4.60. The zero-order chi connectivity index (χ0) is 13.7. The molecule has 1 rings (SSSR count). The van der Waals surface area contributed by atoms with E-state index in [-0.39, 0.29) is 12.4 Å². The van der Waals surface area contributed by atoms with E-state index in [4.69, 9.17) is 5.26 Å². The van der Waals surface area contributed by atoms with Crippen molar-refractivity contribution in [2.24, 2.45) is 0 Å². The lowest BCUT2D eigenvalue weighted by Gasteiger charge is -2.19. The van der Waals surface area contributed by atoms with Crippen LogP contribution in [0.4, 0.5) is 5.82 Å². The van der Waals surface area contributed by atoms with Gasteiger partial charge in [-0.1, -0.05) is 0 Å². The number of methoxy groups -OCH3 is 1. The molecule has 0 saturated heterocycles. The Morgan fingerprint density at radius 2 is 2.11 bits per heavy atom. The molecule has 0 bridgehead atoms. The maximum Gasteiger partial charge on any atom is 0.307 e. The van der Waals surface area contributed by atoms with Crippen LogP contribution in [0.2, 0.25) is 0 Å². The minimum atomic E-state index is -0.294. The van der Waals surface area contributed by atoms with E-state index >= 15 is 0 Å². The average molecular weight is 248 g/mol. The van der Waals surface area contributed by atoms with Gasteiger partial charge in [0.2, 0.25) is 0 Å². The summed E-state index contributed by atoms with van der Waals surface area (Å²) in [5.41, 5.74) is 2.04. The summed E-state index contributed by atoms with van der Waals surface area (Å²) in [4.78, 5) is 12.8. The van der Waals surface area contributed by atoms with Crippen LogP contribution in [0.25, 0.3) is 0 Å². The summed E-state index contributed by atoms with van der Waals surface area (Å²) in [6, 6.07) is 2.13. The molecule has 0 N–H and O–H groups in total. The Hall–Kier alpha value is -2.16. The summed E-state index contributed by atoms with van der Waals surface area (Å²) in [5, 5.41) is 17.2. The van der Waals surface area contributed by atoms with Gasteiger partial charge in [-0.25, -0.2) is 0 Å². The number of ether oxygens (including phenoxy) is 1. The topological polar surface area (TPSA) is 79.1 Å². The standard InChI is InChI=1S/C12H16N4O2/c1-8-9(2)14-15-12(10(8)7-13)16(3)6-5-11(17)18-4/h5-6H2,1-4H3. The van der Waals surface area contributed by atoms with E-state index < -0.39 is 0 Å². The normalized spacial score (nSPS) is 9.72. The van der Waals surface area contributed by atoms with Gasteiger partial charge in [0.25, 0.3) is 0 Å². The van der Waals surface area contributed by atoms with Crippen molar-refractivity contribution in [3.8, 4) is 6.07 Å². The summed E-state index contributed by atoms with van der Waals surface area (Å²) in [7, 11) is 3.11. The highest BCUT2D eigenvalue weighted by Gasteiger charge is 2.15. The van der Waals surface area contributed by atoms with Crippen molar-refractivity contribution in [2.45, 2.75) is 20.3 Å². The highest BCUT2D eigenvalue weighted by atomic mass is 16.5. The highest BCUT2D eigenvalue weighted by Crippen LogP contribution is 2.20. The molecular formula is C12H16N4O2. The number of hydrogen-bond acceptors (Lipinski definition) is 6. The Labute approximate surface area is 106 Å². The third-order valence-corrected chi connectivity index (χ3v) is 2.79. The van der Waals surface area contributed by atoms with Gasteiger partial charge >= 0.3 is 5.97 Å². The molecule has 0 amide bonds. The van der Waals surface area contributed by atoms with Crippen LogP contribution in [-0.4, -0.2) is 36.9 Å². The predicted octanol–water partition coefficient (Wildman–Crippen LogP) is 0.964. The smallest absolute Gasteiger partial charge is 0.307 e. The van der Waals surface area contributed by atoms with E-state index in [1.807, 2.05) is 6.92 Å². The first-order chi connectivity index (χ1) is 8.51. The number of esters is 1. The quantitative estimate of drug-likeness (QED) is 0.738. The number of carbonyl (C=O) groups is 1. The fourth-order valence-electron chi connectivity index (χ4n) is 1.46. The van der Waals surface area contributed by atoms with Gasteiger partial charge in [-0.05, 0) is 19.4 Å². The molecule has 96 valence electrons. The summed E-state index contributed by atoms with van der Waals surface area (Å²) in [6.45, 7) is 4.07. The SMILES string of the molecule is COC(=O)CCN(C)c1nnc(C)c(C)c1C#N. The molecule has 18 heavy (non-hydrogen) atoms. The third kappa shape index (κ3) is 2.94. The van der Waals surface area contributed by atoms with Crippen molar-refractivity contribution >= 4 is 11.8 Å². The number of nitrogens with zero attached hydrogens (tertiary/aromatic N) is 4. The first-order valence-corrected chi connectivity index (χ1v) is 5.53. The number of anilines is 1. The van der Waals surface area contributed by atoms with Crippen LogP contribution in [-0.2, 0) is 9.53 Å². The van der Waals surface area contributed by atoms with Crippen LogP contribution in [0.15, 0.2) is 0 Å². The van der Waals surface area contributed by atoms with Gasteiger partial charge < -0.3 is 9.64 Å². The number of rotatable bonds is 4. The summed E-state index contributed by atoms with van der Waals surface area (Å²) < 4.78 is 4.57. The van der Waals surface area contributed by atoms with Crippen molar-refractivity contribution < 1.29 is 9.53 Å². The largest absolute Gasteiger partial charge is 0.469 e. The molecule has 0 aliphatic rings. The first kappa shape index (κ1) is 13.9. The number of aryl methyl sites for hydroxylation is 1. The second-order valence-corrected chi connectivity index (χ2v) is 3.97. The summed E-state index contributed by atoms with van der Waals surface area (Å²) >= 11 is 0. The molecular weight excluding hydrogens is 232 g/mol. The van der Waals surface area contributed by atoms with E-state index in [0.29, 0.717) is 17.9 Å². The average Bonchev–Trinajstić information content (AvgIpc) is 2.38. The Morgan fingerprint density at radius 3 is 2.67 bits per heavy atom. The first-order valence-electron chi connectivity index (χ1n) is 5.53. The van der Waals surface area contributed by atoms with Crippen molar-refractivity contribution in [1.29, 1.82) is 5.26 Å². The fourth-order valence-corrected chi connectivity index (χ4v) is 1.46. The Bertz CT molecular complexity index is 494. The monoisotopic (exact) mass is 248 g/mol. The molecule has 1 aromatic heterocycles. The molecule has 0 saturated carbocycles. The number of hydrogen-bond donors (Lipinski definition) is 0. The Morgan fingerprint density at radius 1 is 1.44 bits per heavy atom. The van der Waals surface area contributed by atoms with Crippen LogP contribution in [0, 0.1) is 25.2 Å². The summed E-state index contributed by atoms with van der Waals surface area (Å²) in [5.74, 6) is 0.196. The van der Waals surface area contributed by atoms with Gasteiger partial charge in [-0.15, -0.1) is 5.10 Å². The third-order valence-electron chi connectivity index (χ3n) is 2.79. The van der Waals surface area contributed by atoms with E-state index in [9.17, 15) is 4.79 Å². The maximum atomic E-state index is 11.1. The van der Waals surface area contributed by atoms with Gasteiger partial charge in [-0.2, -0.15) is 10.4 Å². The van der Waals surface area contributed by atoms with E-state index in [0.717, 1.165) is 11.3 Å². The van der Waals surface area contributed by atoms with Gasteiger partial charge in [0.05, 0.1) is 19.2 Å². The minimum Gasteiger partial charge on any atom is -0.469 e. The van der Waals surface area contributed by atoms with Gasteiger partial charge in [0, 0.05) is 13.6 Å². The van der Waals surface area contributed by atoms with Crippen molar-refractivity contribution in [2.75, 3.05) is 25.6 Å². The molecule has 0 spiro atoms.